The second kappa shape index (κ2) is 6.60. The van der Waals surface area contributed by atoms with Gasteiger partial charge in [0.25, 0.3) is 15.9 Å². The zero-order valence-corrected chi connectivity index (χ0v) is 15.3. The van der Waals surface area contributed by atoms with Crippen LogP contribution in [0, 0.1) is 0 Å². The van der Waals surface area contributed by atoms with Crippen LogP contribution < -0.4 is 0 Å². The molecule has 2 aromatic rings. The molecule has 0 unspecified atom stereocenters. The summed E-state index contributed by atoms with van der Waals surface area (Å²) in [7, 11) is -3.79. The highest BCUT2D eigenvalue weighted by atomic mass is 32.2. The molecule has 120 valence electrons. The van der Waals surface area contributed by atoms with Gasteiger partial charge in [-0.05, 0) is 47.7 Å². The fourth-order valence-corrected chi connectivity index (χ4v) is 5.85. The minimum absolute atomic E-state index is 0.171. The Balaban J connectivity index is 1.97. The van der Waals surface area contributed by atoms with Crippen LogP contribution in [0.4, 0.5) is 0 Å². The number of carbonyl (C=O) groups excluding carboxylic acids is 1. The molecule has 5 nitrogen and oxygen atoms in total. The van der Waals surface area contributed by atoms with Crippen LogP contribution in [0.5, 0.6) is 0 Å². The Bertz CT molecular complexity index is 865. The Morgan fingerprint density at radius 1 is 1.22 bits per heavy atom. The number of amides is 1. The average molecular weight is 385 g/mol. The maximum atomic E-state index is 12.4. The van der Waals surface area contributed by atoms with Crippen LogP contribution in [0.1, 0.15) is 11.8 Å². The van der Waals surface area contributed by atoms with E-state index in [4.69, 9.17) is 0 Å². The average Bonchev–Trinajstić information content (AvgIpc) is 3.23. The first kappa shape index (κ1) is 16.4. The van der Waals surface area contributed by atoms with Gasteiger partial charge >= 0.3 is 0 Å². The smallest absolute Gasteiger partial charge is 0.286 e. The fourth-order valence-electron chi connectivity index (χ4n) is 1.92. The van der Waals surface area contributed by atoms with E-state index in [1.165, 1.54) is 22.3 Å². The fraction of sp³-hybridized carbons (Fsp3) is 0.143. The van der Waals surface area contributed by atoms with Crippen LogP contribution in [0.2, 0.25) is 0 Å². The Morgan fingerprint density at radius 2 is 1.96 bits per heavy atom. The van der Waals surface area contributed by atoms with E-state index in [0.717, 1.165) is 28.0 Å². The van der Waals surface area contributed by atoms with E-state index >= 15 is 0 Å². The van der Waals surface area contributed by atoms with Gasteiger partial charge in [-0.1, -0.05) is 12.1 Å². The van der Waals surface area contributed by atoms with Crippen molar-refractivity contribution in [3.05, 3.63) is 44.8 Å². The zero-order valence-electron chi connectivity index (χ0n) is 12.0. The SMILES string of the molecule is CCN1C(=O)/C(=C/c2cccs2)S/C1=N\S(=O)(=O)c1cccs1. The highest BCUT2D eigenvalue weighted by Crippen LogP contribution is 2.34. The molecule has 3 heterocycles. The van der Waals surface area contributed by atoms with Crippen molar-refractivity contribution in [2.75, 3.05) is 6.54 Å². The monoisotopic (exact) mass is 384 g/mol. The van der Waals surface area contributed by atoms with E-state index in [1.54, 1.807) is 24.4 Å². The maximum absolute atomic E-state index is 12.4. The van der Waals surface area contributed by atoms with Crippen molar-refractivity contribution < 1.29 is 13.2 Å². The molecule has 0 N–H and O–H groups in total. The lowest BCUT2D eigenvalue weighted by atomic mass is 10.4. The molecule has 0 atom stereocenters. The van der Waals surface area contributed by atoms with Gasteiger partial charge in [0.05, 0.1) is 4.91 Å². The molecular weight excluding hydrogens is 372 g/mol. The summed E-state index contributed by atoms with van der Waals surface area (Å²) < 4.78 is 28.6. The first-order valence-corrected chi connectivity index (χ1v) is 10.7. The summed E-state index contributed by atoms with van der Waals surface area (Å²) >= 11 is 3.72. The number of sulfonamides is 1. The summed E-state index contributed by atoms with van der Waals surface area (Å²) in [4.78, 5) is 15.2. The molecule has 1 amide bonds. The topological polar surface area (TPSA) is 66.8 Å². The van der Waals surface area contributed by atoms with Crippen LogP contribution >= 0.6 is 34.4 Å². The first-order valence-electron chi connectivity index (χ1n) is 6.64. The molecule has 1 saturated heterocycles. The molecule has 0 radical (unpaired) electrons. The van der Waals surface area contributed by atoms with Crippen molar-refractivity contribution >= 4 is 61.6 Å². The maximum Gasteiger partial charge on any atom is 0.294 e. The van der Waals surface area contributed by atoms with Gasteiger partial charge in [-0.2, -0.15) is 8.42 Å². The van der Waals surface area contributed by atoms with Crippen LogP contribution in [-0.4, -0.2) is 30.9 Å². The molecule has 0 bridgehead atoms. The largest absolute Gasteiger partial charge is 0.294 e. The standard InChI is InChI=1S/C14H12N2O3S4/c1-2-16-13(17)11(9-10-5-3-7-20-10)22-14(16)15-23(18,19)12-6-4-8-21-12/h3-9H,2H2,1H3/b11-9-,15-14-. The van der Waals surface area contributed by atoms with Gasteiger partial charge in [0, 0.05) is 11.4 Å². The summed E-state index contributed by atoms with van der Waals surface area (Å²) in [5.41, 5.74) is 0. The van der Waals surface area contributed by atoms with E-state index in [2.05, 4.69) is 4.40 Å². The van der Waals surface area contributed by atoms with Crippen molar-refractivity contribution in [3.63, 3.8) is 0 Å². The van der Waals surface area contributed by atoms with E-state index in [0.29, 0.717) is 11.4 Å². The summed E-state index contributed by atoms with van der Waals surface area (Å²) in [6, 6.07) is 6.96. The third-order valence-corrected chi connectivity index (χ3v) is 7.55. The van der Waals surface area contributed by atoms with Gasteiger partial charge in [0.1, 0.15) is 4.21 Å². The highest BCUT2D eigenvalue weighted by molar-refractivity contribution is 8.19. The second-order valence-corrected chi connectivity index (χ2v) is 9.22. The first-order chi connectivity index (χ1) is 11.0. The number of rotatable bonds is 4. The van der Waals surface area contributed by atoms with Crippen LogP contribution in [0.25, 0.3) is 6.08 Å². The Labute approximate surface area is 146 Å². The van der Waals surface area contributed by atoms with Gasteiger partial charge in [0.15, 0.2) is 5.17 Å². The quantitative estimate of drug-likeness (QED) is 0.757. The molecule has 0 spiro atoms. The molecule has 23 heavy (non-hydrogen) atoms. The summed E-state index contributed by atoms with van der Waals surface area (Å²) in [5, 5.41) is 3.80. The zero-order chi connectivity index (χ0) is 16.4. The minimum Gasteiger partial charge on any atom is -0.286 e. The number of hydrogen-bond donors (Lipinski definition) is 0. The Hall–Kier alpha value is -1.42. The van der Waals surface area contributed by atoms with Crippen molar-refractivity contribution in [2.24, 2.45) is 4.40 Å². The van der Waals surface area contributed by atoms with E-state index in [-0.39, 0.29) is 15.3 Å². The van der Waals surface area contributed by atoms with Gasteiger partial charge in [-0.15, -0.1) is 27.1 Å². The van der Waals surface area contributed by atoms with Crippen molar-refractivity contribution in [2.45, 2.75) is 11.1 Å². The van der Waals surface area contributed by atoms with Crippen LogP contribution in [0.3, 0.4) is 0 Å². The summed E-state index contributed by atoms with van der Waals surface area (Å²) in [5.74, 6) is -0.217. The number of likely N-dealkylation sites (N-methyl/N-ethyl adjacent to an activating group) is 1. The number of thioether (sulfide) groups is 1. The molecular formula is C14H12N2O3S4. The molecule has 1 fully saturated rings. The van der Waals surface area contributed by atoms with Gasteiger partial charge < -0.3 is 0 Å². The van der Waals surface area contributed by atoms with Crippen LogP contribution in [-0.2, 0) is 14.8 Å². The van der Waals surface area contributed by atoms with Crippen molar-refractivity contribution in [1.29, 1.82) is 0 Å². The molecule has 1 aliphatic rings. The van der Waals surface area contributed by atoms with Gasteiger partial charge in [0.2, 0.25) is 0 Å². The number of carbonyl (C=O) groups is 1. The normalized spacial score (nSPS) is 19.2. The lowest BCUT2D eigenvalue weighted by Crippen LogP contribution is -2.29. The number of thiophene rings is 2. The van der Waals surface area contributed by atoms with Crippen molar-refractivity contribution in [1.82, 2.24) is 4.90 Å². The molecule has 0 aromatic carbocycles. The van der Waals surface area contributed by atoms with E-state index < -0.39 is 10.0 Å². The second-order valence-electron chi connectivity index (χ2n) is 4.46. The van der Waals surface area contributed by atoms with Gasteiger partial charge in [-0.25, -0.2) is 0 Å². The molecule has 9 heteroatoms. The van der Waals surface area contributed by atoms with E-state index in [9.17, 15) is 13.2 Å². The third kappa shape index (κ3) is 3.42. The molecule has 2 aromatic heterocycles. The molecule has 3 rings (SSSR count). The van der Waals surface area contributed by atoms with E-state index in [1.807, 2.05) is 17.5 Å². The lowest BCUT2D eigenvalue weighted by Gasteiger charge is -2.11. The molecule has 1 aliphatic heterocycles. The number of nitrogens with zero attached hydrogens (tertiary/aromatic N) is 2. The highest BCUT2D eigenvalue weighted by Gasteiger charge is 2.34. The van der Waals surface area contributed by atoms with Gasteiger partial charge in [-0.3, -0.25) is 9.69 Å². The third-order valence-electron chi connectivity index (χ3n) is 2.97. The van der Waals surface area contributed by atoms with Crippen LogP contribution in [0.15, 0.2) is 48.5 Å². The number of hydrogen-bond acceptors (Lipinski definition) is 6. The summed E-state index contributed by atoms with van der Waals surface area (Å²) in [6.07, 6.45) is 1.76. The van der Waals surface area contributed by atoms with Crippen molar-refractivity contribution in [3.8, 4) is 0 Å². The summed E-state index contributed by atoms with van der Waals surface area (Å²) in [6.45, 7) is 2.16. The lowest BCUT2D eigenvalue weighted by molar-refractivity contribution is -0.122. The Morgan fingerprint density at radius 3 is 2.57 bits per heavy atom. The predicted molar refractivity (Wildman–Crippen MR) is 96.2 cm³/mol. The Kier molecular flexibility index (Phi) is 4.72. The molecule has 0 aliphatic carbocycles. The number of amidine groups is 1. The minimum atomic E-state index is -3.79. The predicted octanol–water partition coefficient (Wildman–Crippen LogP) is 3.49. The molecule has 0 saturated carbocycles.